The molecule has 96 valence electrons. The van der Waals surface area contributed by atoms with Crippen LogP contribution in [0.15, 0.2) is 6.20 Å². The third-order valence-corrected chi connectivity index (χ3v) is 3.94. The fraction of sp³-hybridized carbons (Fsp3) is 0.600. The first kappa shape index (κ1) is 14.7. The third kappa shape index (κ3) is 4.10. The monoisotopic (exact) mass is 296 g/mol. The molecule has 0 spiro atoms. The molecule has 1 N–H and O–H groups in total. The number of halogens is 2. The number of likely N-dealkylation sites (tertiary alicyclic amines) is 1. The molecule has 7 heteroatoms. The minimum atomic E-state index is -0.666. The highest BCUT2D eigenvalue weighted by molar-refractivity contribution is 7.15. The van der Waals surface area contributed by atoms with Gasteiger partial charge in [-0.15, -0.1) is 23.7 Å². The van der Waals surface area contributed by atoms with Crippen LogP contribution in [0.3, 0.4) is 0 Å². The van der Waals surface area contributed by atoms with Crippen molar-refractivity contribution in [2.45, 2.75) is 19.4 Å². The number of piperidine rings is 1. The SMILES string of the molecule is Cl.O=C(O)C1CCN(Cc2cnc(Cl)s2)CC1. The van der Waals surface area contributed by atoms with Gasteiger partial charge in [-0.1, -0.05) is 11.6 Å². The van der Waals surface area contributed by atoms with Crippen LogP contribution in [0.1, 0.15) is 17.7 Å². The van der Waals surface area contributed by atoms with Gasteiger partial charge in [0.25, 0.3) is 0 Å². The molecule has 17 heavy (non-hydrogen) atoms. The van der Waals surface area contributed by atoms with Gasteiger partial charge >= 0.3 is 5.97 Å². The van der Waals surface area contributed by atoms with Crippen molar-refractivity contribution in [2.75, 3.05) is 13.1 Å². The van der Waals surface area contributed by atoms with Crippen LogP contribution in [0.2, 0.25) is 4.47 Å². The summed E-state index contributed by atoms with van der Waals surface area (Å²) < 4.78 is 0.565. The number of aromatic nitrogens is 1. The van der Waals surface area contributed by atoms with Gasteiger partial charge in [0, 0.05) is 17.6 Å². The third-order valence-electron chi connectivity index (χ3n) is 2.84. The molecule has 1 aliphatic heterocycles. The minimum Gasteiger partial charge on any atom is -0.481 e. The van der Waals surface area contributed by atoms with E-state index in [2.05, 4.69) is 9.88 Å². The highest BCUT2D eigenvalue weighted by Crippen LogP contribution is 2.23. The molecule has 1 saturated heterocycles. The summed E-state index contributed by atoms with van der Waals surface area (Å²) in [6.45, 7) is 2.51. The van der Waals surface area contributed by atoms with Gasteiger partial charge < -0.3 is 5.11 Å². The molecular formula is C10H14Cl2N2O2S. The molecule has 1 aliphatic rings. The van der Waals surface area contributed by atoms with Gasteiger partial charge in [-0.2, -0.15) is 0 Å². The first-order chi connectivity index (χ1) is 7.65. The van der Waals surface area contributed by atoms with E-state index >= 15 is 0 Å². The van der Waals surface area contributed by atoms with Crippen molar-refractivity contribution < 1.29 is 9.90 Å². The molecule has 0 radical (unpaired) electrons. The Morgan fingerprint density at radius 3 is 2.71 bits per heavy atom. The average Bonchev–Trinajstić information content (AvgIpc) is 2.65. The number of carboxylic acids is 1. The summed E-state index contributed by atoms with van der Waals surface area (Å²) in [5.41, 5.74) is 0. The van der Waals surface area contributed by atoms with Crippen molar-refractivity contribution in [3.8, 4) is 0 Å². The van der Waals surface area contributed by atoms with E-state index in [9.17, 15) is 4.79 Å². The maximum Gasteiger partial charge on any atom is 0.306 e. The molecule has 0 amide bonds. The fourth-order valence-electron chi connectivity index (χ4n) is 1.92. The van der Waals surface area contributed by atoms with E-state index in [0.29, 0.717) is 4.47 Å². The van der Waals surface area contributed by atoms with Crippen molar-refractivity contribution in [2.24, 2.45) is 5.92 Å². The molecule has 0 aromatic carbocycles. The Hall–Kier alpha value is -0.360. The topological polar surface area (TPSA) is 53.4 Å². The molecule has 1 fully saturated rings. The number of hydrogen-bond acceptors (Lipinski definition) is 4. The second kappa shape index (κ2) is 6.54. The summed E-state index contributed by atoms with van der Waals surface area (Å²) in [4.78, 5) is 18.2. The first-order valence-corrected chi connectivity index (χ1v) is 6.40. The molecule has 2 rings (SSSR count). The van der Waals surface area contributed by atoms with Gasteiger partial charge in [0.15, 0.2) is 4.47 Å². The zero-order valence-corrected chi connectivity index (χ0v) is 11.5. The number of carbonyl (C=O) groups is 1. The quantitative estimate of drug-likeness (QED) is 0.931. The smallest absolute Gasteiger partial charge is 0.306 e. The number of carboxylic acid groups (broad SMARTS) is 1. The molecule has 1 aromatic heterocycles. The van der Waals surface area contributed by atoms with Crippen LogP contribution in [0.25, 0.3) is 0 Å². The second-order valence-corrected chi connectivity index (χ2v) is 5.67. The number of aliphatic carboxylic acids is 1. The maximum atomic E-state index is 10.8. The molecule has 4 nitrogen and oxygen atoms in total. The standard InChI is InChI=1S/C10H13ClN2O2S.ClH/c11-10-12-5-8(16-10)6-13-3-1-7(2-4-13)9(14)15;/h5,7H,1-4,6H2,(H,14,15);1H. The van der Waals surface area contributed by atoms with Crippen LogP contribution in [0.5, 0.6) is 0 Å². The lowest BCUT2D eigenvalue weighted by atomic mass is 9.97. The predicted octanol–water partition coefficient (Wildman–Crippen LogP) is 2.51. The largest absolute Gasteiger partial charge is 0.481 e. The lowest BCUT2D eigenvalue weighted by molar-refractivity contribution is -0.143. The number of nitrogens with zero attached hydrogens (tertiary/aromatic N) is 2. The fourth-order valence-corrected chi connectivity index (χ4v) is 2.94. The molecule has 0 saturated carbocycles. The van der Waals surface area contributed by atoms with Crippen molar-refractivity contribution in [3.05, 3.63) is 15.5 Å². The zero-order valence-electron chi connectivity index (χ0n) is 9.13. The highest BCUT2D eigenvalue weighted by Gasteiger charge is 2.24. The van der Waals surface area contributed by atoms with Gasteiger partial charge in [0.2, 0.25) is 0 Å². The Bertz CT molecular complexity index is 378. The van der Waals surface area contributed by atoms with Gasteiger partial charge in [0.05, 0.1) is 5.92 Å². The van der Waals surface area contributed by atoms with Crippen LogP contribution < -0.4 is 0 Å². The molecule has 2 heterocycles. The first-order valence-electron chi connectivity index (χ1n) is 5.20. The van der Waals surface area contributed by atoms with Crippen molar-refractivity contribution >= 4 is 41.3 Å². The van der Waals surface area contributed by atoms with Gasteiger partial charge in [-0.05, 0) is 25.9 Å². The Labute approximate surface area is 115 Å². The average molecular weight is 297 g/mol. The van der Waals surface area contributed by atoms with Gasteiger partial charge in [-0.3, -0.25) is 9.69 Å². The summed E-state index contributed by atoms with van der Waals surface area (Å²) in [6.07, 6.45) is 3.26. The Balaban J connectivity index is 0.00000144. The van der Waals surface area contributed by atoms with Gasteiger partial charge in [0.1, 0.15) is 0 Å². The molecule has 0 aliphatic carbocycles. The maximum absolute atomic E-state index is 10.8. The summed E-state index contributed by atoms with van der Waals surface area (Å²) >= 11 is 7.24. The van der Waals surface area contributed by atoms with Crippen LogP contribution in [-0.4, -0.2) is 34.0 Å². The van der Waals surface area contributed by atoms with Crippen molar-refractivity contribution in [3.63, 3.8) is 0 Å². The van der Waals surface area contributed by atoms with E-state index in [4.69, 9.17) is 16.7 Å². The van der Waals surface area contributed by atoms with Crippen molar-refractivity contribution in [1.82, 2.24) is 9.88 Å². The Kier molecular flexibility index (Phi) is 5.66. The zero-order chi connectivity index (χ0) is 11.5. The van der Waals surface area contributed by atoms with Crippen LogP contribution in [0, 0.1) is 5.92 Å². The summed E-state index contributed by atoms with van der Waals surface area (Å²) in [6, 6.07) is 0. The minimum absolute atomic E-state index is 0. The van der Waals surface area contributed by atoms with E-state index in [1.807, 2.05) is 0 Å². The van der Waals surface area contributed by atoms with Gasteiger partial charge in [-0.25, -0.2) is 4.98 Å². The lowest BCUT2D eigenvalue weighted by Crippen LogP contribution is -2.35. The molecule has 0 bridgehead atoms. The molecule has 0 atom stereocenters. The second-order valence-electron chi connectivity index (χ2n) is 3.97. The molecule has 0 unspecified atom stereocenters. The van der Waals surface area contributed by atoms with E-state index in [0.717, 1.165) is 37.4 Å². The van der Waals surface area contributed by atoms with E-state index < -0.39 is 5.97 Å². The highest BCUT2D eigenvalue weighted by atomic mass is 35.5. The van der Waals surface area contributed by atoms with Crippen LogP contribution in [-0.2, 0) is 11.3 Å². The van der Waals surface area contributed by atoms with E-state index in [1.54, 1.807) is 6.20 Å². The molecular weight excluding hydrogens is 283 g/mol. The molecule has 1 aromatic rings. The van der Waals surface area contributed by atoms with Crippen molar-refractivity contribution in [1.29, 1.82) is 0 Å². The summed E-state index contributed by atoms with van der Waals surface area (Å²) in [7, 11) is 0. The predicted molar refractivity (Wildman–Crippen MR) is 70.0 cm³/mol. The Morgan fingerprint density at radius 1 is 1.59 bits per heavy atom. The number of hydrogen-bond donors (Lipinski definition) is 1. The summed E-state index contributed by atoms with van der Waals surface area (Å²) in [5, 5.41) is 8.87. The normalized spacial score (nSPS) is 17.7. The number of thiazole rings is 1. The van der Waals surface area contributed by atoms with E-state index in [1.165, 1.54) is 11.3 Å². The Morgan fingerprint density at radius 2 is 2.24 bits per heavy atom. The lowest BCUT2D eigenvalue weighted by Gasteiger charge is -2.29. The number of rotatable bonds is 3. The summed E-state index contributed by atoms with van der Waals surface area (Å²) in [5.74, 6) is -0.832. The van der Waals surface area contributed by atoms with Crippen LogP contribution >= 0.6 is 35.3 Å². The van der Waals surface area contributed by atoms with Crippen LogP contribution in [0.4, 0.5) is 0 Å². The van der Waals surface area contributed by atoms with E-state index in [-0.39, 0.29) is 18.3 Å².